The van der Waals surface area contributed by atoms with E-state index in [1.165, 1.54) is 37.7 Å². The largest absolute Gasteiger partial charge is 0.245 e. The maximum absolute atomic E-state index is 5.85. The molecule has 0 unspecified atom stereocenters. The third kappa shape index (κ3) is 3.69. The lowest BCUT2D eigenvalue weighted by molar-refractivity contribution is 0.516. The molecule has 0 N–H and O–H groups in total. The number of rotatable bonds is 3. The average molecular weight is 242 g/mol. The summed E-state index contributed by atoms with van der Waals surface area (Å²) < 4.78 is 0. The first-order valence-electron chi connectivity index (χ1n) is 5.56. The Kier molecular flexibility index (Phi) is 4.33. The van der Waals surface area contributed by atoms with Crippen molar-refractivity contribution in [1.82, 2.24) is 4.98 Å². The van der Waals surface area contributed by atoms with E-state index in [1.807, 2.05) is 6.07 Å². The number of pyridine rings is 1. The predicted octanol–water partition coefficient (Wildman–Crippen LogP) is 4.30. The molecule has 0 spiro atoms. The minimum atomic E-state index is 0.608. The predicted molar refractivity (Wildman–Crippen MR) is 67.4 cm³/mol. The molecule has 0 radical (unpaired) electrons. The van der Waals surface area contributed by atoms with Gasteiger partial charge in [0.1, 0.15) is 5.15 Å². The highest BCUT2D eigenvalue weighted by Gasteiger charge is 2.13. The normalized spacial score (nSPS) is 17.9. The lowest BCUT2D eigenvalue weighted by Gasteiger charge is -2.20. The van der Waals surface area contributed by atoms with Crippen LogP contribution in [0.4, 0.5) is 0 Å². The highest BCUT2D eigenvalue weighted by atomic mass is 35.5. The van der Waals surface area contributed by atoms with E-state index in [0.29, 0.717) is 5.15 Å². The lowest BCUT2D eigenvalue weighted by atomic mass is 10.0. The van der Waals surface area contributed by atoms with Crippen molar-refractivity contribution in [2.75, 3.05) is 0 Å². The second-order valence-electron chi connectivity index (χ2n) is 4.06. The van der Waals surface area contributed by atoms with Gasteiger partial charge in [0.05, 0.1) is 0 Å². The second kappa shape index (κ2) is 5.76. The van der Waals surface area contributed by atoms with Crippen molar-refractivity contribution in [3.63, 3.8) is 0 Å². The van der Waals surface area contributed by atoms with E-state index >= 15 is 0 Å². The van der Waals surface area contributed by atoms with Crippen LogP contribution in [0.2, 0.25) is 5.15 Å². The Morgan fingerprint density at radius 1 is 1.33 bits per heavy atom. The summed E-state index contributed by atoms with van der Waals surface area (Å²) in [6, 6.07) is 4.03. The van der Waals surface area contributed by atoms with Crippen LogP contribution in [-0.2, 0) is 5.75 Å². The molecule has 1 nitrogen and oxygen atoms in total. The summed E-state index contributed by atoms with van der Waals surface area (Å²) in [6.07, 6.45) is 8.83. The summed E-state index contributed by atoms with van der Waals surface area (Å²) in [5.41, 5.74) is 1.30. The summed E-state index contributed by atoms with van der Waals surface area (Å²) in [6.45, 7) is 0. The fraction of sp³-hybridized carbons (Fsp3) is 0.583. The van der Waals surface area contributed by atoms with E-state index in [9.17, 15) is 0 Å². The van der Waals surface area contributed by atoms with Crippen molar-refractivity contribution in [3.05, 3.63) is 29.0 Å². The van der Waals surface area contributed by atoms with Crippen LogP contribution in [0, 0.1) is 0 Å². The summed E-state index contributed by atoms with van der Waals surface area (Å²) in [5, 5.41) is 1.47. The summed E-state index contributed by atoms with van der Waals surface area (Å²) in [7, 11) is 0. The Hall–Kier alpha value is -0.210. The van der Waals surface area contributed by atoms with Gasteiger partial charge in [0.25, 0.3) is 0 Å². The maximum Gasteiger partial charge on any atom is 0.129 e. The number of aromatic nitrogens is 1. The molecule has 0 bridgehead atoms. The van der Waals surface area contributed by atoms with Gasteiger partial charge in [-0.1, -0.05) is 30.9 Å². The number of thioether (sulfide) groups is 1. The molecule has 15 heavy (non-hydrogen) atoms. The molecule has 1 aliphatic rings. The molecule has 0 saturated heterocycles. The Morgan fingerprint density at radius 3 is 2.87 bits per heavy atom. The number of hydrogen-bond donors (Lipinski definition) is 0. The quantitative estimate of drug-likeness (QED) is 0.732. The molecule has 1 aromatic rings. The van der Waals surface area contributed by atoms with Gasteiger partial charge in [0.15, 0.2) is 0 Å². The summed E-state index contributed by atoms with van der Waals surface area (Å²) in [5.74, 6) is 1.08. The number of halogens is 1. The summed E-state index contributed by atoms with van der Waals surface area (Å²) in [4.78, 5) is 3.99. The van der Waals surface area contributed by atoms with Crippen molar-refractivity contribution >= 4 is 23.4 Å². The third-order valence-electron chi connectivity index (χ3n) is 2.83. The molecule has 1 saturated carbocycles. The molecule has 1 fully saturated rings. The molecule has 0 atom stereocenters. The van der Waals surface area contributed by atoms with Gasteiger partial charge in [-0.05, 0) is 30.5 Å². The maximum atomic E-state index is 5.85. The van der Waals surface area contributed by atoms with Gasteiger partial charge in [-0.3, -0.25) is 0 Å². The monoisotopic (exact) mass is 241 g/mol. The fourth-order valence-corrected chi connectivity index (χ4v) is 3.45. The summed E-state index contributed by atoms with van der Waals surface area (Å²) >= 11 is 7.92. The number of nitrogens with zero attached hydrogens (tertiary/aromatic N) is 1. The number of hydrogen-bond acceptors (Lipinski definition) is 2. The zero-order valence-electron chi connectivity index (χ0n) is 8.79. The van der Waals surface area contributed by atoms with E-state index < -0.39 is 0 Å². The fourth-order valence-electron chi connectivity index (χ4n) is 1.98. The van der Waals surface area contributed by atoms with Crippen molar-refractivity contribution in [2.24, 2.45) is 0 Å². The first-order valence-corrected chi connectivity index (χ1v) is 6.99. The van der Waals surface area contributed by atoms with Crippen molar-refractivity contribution in [1.29, 1.82) is 0 Å². The molecule has 0 aromatic carbocycles. The van der Waals surface area contributed by atoms with Crippen LogP contribution in [0.25, 0.3) is 0 Å². The van der Waals surface area contributed by atoms with Crippen LogP contribution in [0.3, 0.4) is 0 Å². The molecule has 2 rings (SSSR count). The van der Waals surface area contributed by atoms with Crippen LogP contribution in [0.15, 0.2) is 18.3 Å². The van der Waals surface area contributed by atoms with Crippen LogP contribution in [-0.4, -0.2) is 10.2 Å². The zero-order chi connectivity index (χ0) is 10.5. The molecule has 0 aliphatic heterocycles. The van der Waals surface area contributed by atoms with E-state index in [1.54, 1.807) is 6.20 Å². The van der Waals surface area contributed by atoms with Crippen molar-refractivity contribution in [2.45, 2.75) is 43.1 Å². The van der Waals surface area contributed by atoms with Gasteiger partial charge < -0.3 is 0 Å². The van der Waals surface area contributed by atoms with E-state index in [2.05, 4.69) is 22.8 Å². The van der Waals surface area contributed by atoms with Crippen LogP contribution in [0.1, 0.15) is 37.7 Å². The van der Waals surface area contributed by atoms with Gasteiger partial charge in [0.2, 0.25) is 0 Å². The van der Waals surface area contributed by atoms with Crippen molar-refractivity contribution < 1.29 is 0 Å². The SMILES string of the molecule is Clc1cc(CSC2CCCCC2)ccn1. The van der Waals surface area contributed by atoms with Gasteiger partial charge in [-0.15, -0.1) is 0 Å². The lowest BCUT2D eigenvalue weighted by Crippen LogP contribution is -2.08. The van der Waals surface area contributed by atoms with Gasteiger partial charge >= 0.3 is 0 Å². The molecule has 1 aliphatic carbocycles. The molecule has 3 heteroatoms. The Labute approximate surface area is 101 Å². The molecule has 1 aromatic heterocycles. The van der Waals surface area contributed by atoms with E-state index in [0.717, 1.165) is 11.0 Å². The molecular formula is C12H16ClNS. The topological polar surface area (TPSA) is 12.9 Å². The average Bonchev–Trinajstić information content (AvgIpc) is 2.28. The first-order chi connectivity index (χ1) is 7.34. The molecule has 0 amide bonds. The molecule has 1 heterocycles. The minimum Gasteiger partial charge on any atom is -0.245 e. The van der Waals surface area contributed by atoms with E-state index in [-0.39, 0.29) is 0 Å². The highest BCUT2D eigenvalue weighted by molar-refractivity contribution is 7.99. The van der Waals surface area contributed by atoms with Crippen molar-refractivity contribution in [3.8, 4) is 0 Å². The minimum absolute atomic E-state index is 0.608. The van der Waals surface area contributed by atoms with Gasteiger partial charge in [0, 0.05) is 17.2 Å². The standard InChI is InChI=1S/C12H16ClNS/c13-12-8-10(6-7-14-12)9-15-11-4-2-1-3-5-11/h6-8,11H,1-5,9H2. The first kappa shape index (κ1) is 11.3. The van der Waals surface area contributed by atoms with Gasteiger partial charge in [-0.25, -0.2) is 4.98 Å². The van der Waals surface area contributed by atoms with Crippen LogP contribution in [0.5, 0.6) is 0 Å². The van der Waals surface area contributed by atoms with Crippen LogP contribution >= 0.6 is 23.4 Å². The smallest absolute Gasteiger partial charge is 0.129 e. The van der Waals surface area contributed by atoms with Crippen LogP contribution < -0.4 is 0 Å². The highest BCUT2D eigenvalue weighted by Crippen LogP contribution is 2.30. The van der Waals surface area contributed by atoms with E-state index in [4.69, 9.17) is 11.6 Å². The Balaban J connectivity index is 1.81. The molecular weight excluding hydrogens is 226 g/mol. The third-order valence-corrected chi connectivity index (χ3v) is 4.48. The molecule has 82 valence electrons. The zero-order valence-corrected chi connectivity index (χ0v) is 10.4. The second-order valence-corrected chi connectivity index (χ2v) is 5.73. The Bertz CT molecular complexity index is 310. The van der Waals surface area contributed by atoms with Gasteiger partial charge in [-0.2, -0.15) is 11.8 Å². The Morgan fingerprint density at radius 2 is 2.13 bits per heavy atom.